The molecule has 2 aromatic rings. The van der Waals surface area contributed by atoms with E-state index in [0.29, 0.717) is 17.3 Å². The van der Waals surface area contributed by atoms with Gasteiger partial charge in [-0.3, -0.25) is 14.2 Å². The maximum atomic E-state index is 12.7. The molecule has 1 fully saturated rings. The number of Topliss-reactive ketones (excluding diaryl/α,β-unsaturated/α-hetero) is 1. The van der Waals surface area contributed by atoms with Crippen molar-refractivity contribution >= 4 is 85.0 Å². The number of aliphatic hydroxyl groups excluding tert-OH is 1. The van der Waals surface area contributed by atoms with Crippen molar-refractivity contribution in [3.63, 3.8) is 0 Å². The lowest BCUT2D eigenvalue weighted by molar-refractivity contribution is -0.121. The van der Waals surface area contributed by atoms with Crippen molar-refractivity contribution in [3.05, 3.63) is 32.4 Å². The summed E-state index contributed by atoms with van der Waals surface area (Å²) < 4.78 is 2.41. The molecule has 150 valence electrons. The summed E-state index contributed by atoms with van der Waals surface area (Å²) >= 11 is 3.80. The Balaban J connectivity index is 0.00000182. The summed E-state index contributed by atoms with van der Waals surface area (Å²) in [6, 6.07) is 3.50. The highest BCUT2D eigenvalue weighted by molar-refractivity contribution is 14.1. The lowest BCUT2D eigenvalue weighted by atomic mass is 9.97. The molecular weight excluding hydrogens is 613 g/mol. The van der Waals surface area contributed by atoms with E-state index in [1.54, 1.807) is 11.8 Å². The van der Waals surface area contributed by atoms with Crippen LogP contribution in [0, 0.1) is 3.57 Å². The predicted molar refractivity (Wildman–Crippen MR) is 128 cm³/mol. The van der Waals surface area contributed by atoms with Crippen LogP contribution in [0.4, 0.5) is 0 Å². The van der Waals surface area contributed by atoms with Gasteiger partial charge < -0.3 is 10.4 Å². The third kappa shape index (κ3) is 5.99. The minimum Gasteiger partial charge on any atom is -0.391 e. The number of hydrogen-bond donors (Lipinski definition) is 2. The summed E-state index contributed by atoms with van der Waals surface area (Å²) in [5.41, 5.74) is 0.433. The SMILES string of the molecule is Br.Br.CSc1cc2c(=O)n(CC(=O)C[C@H]3NCCC[C@@H]3O)cnc2cc1I. The summed E-state index contributed by atoms with van der Waals surface area (Å²) in [6.45, 7) is 0.788. The first kappa shape index (κ1) is 25.0. The number of rotatable bonds is 5. The number of fused-ring (bicyclic) bond motifs is 1. The standard InChI is InChI=1S/C17H20IN3O3S.2BrH/c1-25-16-6-11-13(7-12(16)18)20-9-21(17(11)24)8-10(22)5-14-15(23)3-2-4-19-14;;/h6-7,9,14-15,19,23H,2-5,8H2,1H3;2*1H/t14-,15+;;/m1../s1. The fraction of sp³-hybridized carbons (Fsp3) is 0.471. The Morgan fingerprint density at radius 1 is 1.44 bits per heavy atom. The van der Waals surface area contributed by atoms with Crippen molar-refractivity contribution < 1.29 is 9.90 Å². The molecule has 0 bridgehead atoms. The Morgan fingerprint density at radius 2 is 2.19 bits per heavy atom. The second kappa shape index (κ2) is 11.2. The van der Waals surface area contributed by atoms with Crippen LogP contribution in [0.3, 0.4) is 0 Å². The normalized spacial score (nSPS) is 19.2. The van der Waals surface area contributed by atoms with E-state index in [9.17, 15) is 14.7 Å². The van der Waals surface area contributed by atoms with Crippen molar-refractivity contribution in [1.29, 1.82) is 0 Å². The molecule has 0 unspecified atom stereocenters. The number of carbonyl (C=O) groups is 1. The molecule has 0 radical (unpaired) electrons. The van der Waals surface area contributed by atoms with Gasteiger partial charge >= 0.3 is 0 Å². The van der Waals surface area contributed by atoms with Crippen molar-refractivity contribution in [2.45, 2.75) is 42.8 Å². The predicted octanol–water partition coefficient (Wildman–Crippen LogP) is 2.95. The van der Waals surface area contributed by atoms with E-state index in [1.807, 2.05) is 18.4 Å². The lowest BCUT2D eigenvalue weighted by Crippen LogP contribution is -2.46. The van der Waals surface area contributed by atoms with Crippen LogP contribution in [0.2, 0.25) is 0 Å². The molecule has 0 amide bonds. The first-order chi connectivity index (χ1) is 12.0. The number of ketones is 1. The topological polar surface area (TPSA) is 84.2 Å². The number of nitrogens with one attached hydrogen (secondary N) is 1. The highest BCUT2D eigenvalue weighted by Gasteiger charge is 2.25. The third-order valence-electron chi connectivity index (χ3n) is 4.44. The van der Waals surface area contributed by atoms with Gasteiger partial charge in [-0.05, 0) is 60.4 Å². The second-order valence-electron chi connectivity index (χ2n) is 6.19. The van der Waals surface area contributed by atoms with Gasteiger partial charge in [-0.1, -0.05) is 0 Å². The highest BCUT2D eigenvalue weighted by Crippen LogP contribution is 2.25. The van der Waals surface area contributed by atoms with Gasteiger partial charge in [0.05, 0.1) is 29.9 Å². The quantitative estimate of drug-likeness (QED) is 0.389. The number of thioether (sulfide) groups is 1. The summed E-state index contributed by atoms with van der Waals surface area (Å²) in [4.78, 5) is 30.4. The summed E-state index contributed by atoms with van der Waals surface area (Å²) in [7, 11) is 0. The number of halogens is 3. The molecule has 1 saturated heterocycles. The zero-order valence-corrected chi connectivity index (χ0v) is 21.1. The van der Waals surface area contributed by atoms with Crippen LogP contribution in [0.1, 0.15) is 19.3 Å². The van der Waals surface area contributed by atoms with Crippen LogP contribution >= 0.6 is 68.3 Å². The smallest absolute Gasteiger partial charge is 0.261 e. The fourth-order valence-corrected chi connectivity index (χ4v) is 4.67. The number of nitrogens with zero attached hydrogens (tertiary/aromatic N) is 2. The molecule has 2 N–H and O–H groups in total. The summed E-state index contributed by atoms with van der Waals surface area (Å²) in [5, 5.41) is 13.7. The Morgan fingerprint density at radius 3 is 2.85 bits per heavy atom. The number of piperidine rings is 1. The molecule has 1 aromatic carbocycles. The van der Waals surface area contributed by atoms with E-state index in [-0.39, 0.29) is 64.3 Å². The Labute approximate surface area is 196 Å². The molecule has 1 aliphatic rings. The van der Waals surface area contributed by atoms with Crippen LogP contribution in [0.15, 0.2) is 28.2 Å². The average Bonchev–Trinajstić information content (AvgIpc) is 2.59. The van der Waals surface area contributed by atoms with Crippen LogP contribution in [0.25, 0.3) is 10.9 Å². The molecule has 0 spiro atoms. The lowest BCUT2D eigenvalue weighted by Gasteiger charge is -2.28. The van der Waals surface area contributed by atoms with E-state index < -0.39 is 6.10 Å². The molecule has 2 heterocycles. The van der Waals surface area contributed by atoms with Gasteiger partial charge in [0.1, 0.15) is 0 Å². The average molecular weight is 635 g/mol. The molecule has 6 nitrogen and oxygen atoms in total. The Bertz CT molecular complexity index is 865. The molecule has 2 atom stereocenters. The van der Waals surface area contributed by atoms with Gasteiger partial charge in [-0.25, -0.2) is 4.98 Å². The first-order valence-electron chi connectivity index (χ1n) is 8.15. The number of benzene rings is 1. The van der Waals surface area contributed by atoms with E-state index in [4.69, 9.17) is 0 Å². The van der Waals surface area contributed by atoms with Crippen molar-refractivity contribution in [2.24, 2.45) is 0 Å². The number of aromatic nitrogens is 2. The summed E-state index contributed by atoms with van der Waals surface area (Å²) in [5.74, 6) is -0.0858. The Hall–Kier alpha value is -0.01000. The van der Waals surface area contributed by atoms with Crippen molar-refractivity contribution in [3.8, 4) is 0 Å². The van der Waals surface area contributed by atoms with Crippen molar-refractivity contribution in [1.82, 2.24) is 14.9 Å². The van der Waals surface area contributed by atoms with Crippen LogP contribution in [0.5, 0.6) is 0 Å². The largest absolute Gasteiger partial charge is 0.391 e. The number of aliphatic hydroxyl groups is 1. The molecule has 27 heavy (non-hydrogen) atoms. The fourth-order valence-electron chi connectivity index (χ4n) is 3.07. The van der Waals surface area contributed by atoms with Crippen LogP contribution in [-0.4, -0.2) is 45.4 Å². The number of carbonyl (C=O) groups excluding carboxylic acids is 1. The molecular formula is C17H22Br2IN3O3S. The first-order valence-corrected chi connectivity index (χ1v) is 10.5. The van der Waals surface area contributed by atoms with Gasteiger partial charge in [0.15, 0.2) is 5.78 Å². The Kier molecular flexibility index (Phi) is 10.4. The van der Waals surface area contributed by atoms with E-state index >= 15 is 0 Å². The molecule has 0 aliphatic carbocycles. The third-order valence-corrected chi connectivity index (χ3v) is 6.48. The monoisotopic (exact) mass is 633 g/mol. The van der Waals surface area contributed by atoms with Gasteiger partial charge in [-0.2, -0.15) is 0 Å². The van der Waals surface area contributed by atoms with E-state index in [1.165, 1.54) is 10.9 Å². The van der Waals surface area contributed by atoms with Crippen LogP contribution < -0.4 is 10.9 Å². The maximum absolute atomic E-state index is 12.7. The number of hydrogen-bond acceptors (Lipinski definition) is 6. The van der Waals surface area contributed by atoms with Gasteiger partial charge in [0.25, 0.3) is 5.56 Å². The summed E-state index contributed by atoms with van der Waals surface area (Å²) in [6.07, 6.45) is 4.73. The van der Waals surface area contributed by atoms with Gasteiger partial charge in [0.2, 0.25) is 0 Å². The molecule has 1 aliphatic heterocycles. The molecule has 0 saturated carbocycles. The van der Waals surface area contributed by atoms with Gasteiger partial charge in [-0.15, -0.1) is 45.7 Å². The van der Waals surface area contributed by atoms with Gasteiger partial charge in [0, 0.05) is 20.9 Å². The molecule has 3 rings (SSSR count). The zero-order chi connectivity index (χ0) is 18.0. The van der Waals surface area contributed by atoms with E-state index in [0.717, 1.165) is 21.4 Å². The minimum atomic E-state index is -0.504. The minimum absolute atomic E-state index is 0. The zero-order valence-electron chi connectivity index (χ0n) is 14.7. The molecule has 10 heteroatoms. The van der Waals surface area contributed by atoms with Crippen molar-refractivity contribution in [2.75, 3.05) is 12.8 Å². The van der Waals surface area contributed by atoms with E-state index in [2.05, 4.69) is 32.9 Å². The highest BCUT2D eigenvalue weighted by atomic mass is 127. The second-order valence-corrected chi connectivity index (χ2v) is 8.20. The van der Waals surface area contributed by atoms with Crippen LogP contribution in [-0.2, 0) is 11.3 Å². The maximum Gasteiger partial charge on any atom is 0.261 e. The molecule has 1 aromatic heterocycles.